The fourth-order valence-corrected chi connectivity index (χ4v) is 6.64. The molecular formula is C30H28N2O4S. The fraction of sp³-hybridized carbons (Fsp3) is 0.167. The summed E-state index contributed by atoms with van der Waals surface area (Å²) >= 11 is 0. The molecular weight excluding hydrogens is 484 g/mol. The number of amides is 1. The Morgan fingerprint density at radius 2 is 1.51 bits per heavy atom. The molecule has 7 heteroatoms. The lowest BCUT2D eigenvalue weighted by molar-refractivity contribution is 0.102. The number of fused-ring (bicyclic) bond motifs is 1. The van der Waals surface area contributed by atoms with Gasteiger partial charge in [0.25, 0.3) is 15.9 Å². The summed E-state index contributed by atoms with van der Waals surface area (Å²) in [4.78, 5) is 13.1. The molecule has 188 valence electrons. The predicted molar refractivity (Wildman–Crippen MR) is 146 cm³/mol. The lowest BCUT2D eigenvalue weighted by atomic mass is 9.91. The minimum atomic E-state index is -3.91. The van der Waals surface area contributed by atoms with E-state index < -0.39 is 16.1 Å². The van der Waals surface area contributed by atoms with Gasteiger partial charge in [0.1, 0.15) is 5.75 Å². The third-order valence-electron chi connectivity index (χ3n) is 6.81. The number of nitrogens with zero attached hydrogens (tertiary/aromatic N) is 1. The molecule has 0 saturated carbocycles. The summed E-state index contributed by atoms with van der Waals surface area (Å²) in [5.41, 5.74) is 4.35. The third kappa shape index (κ3) is 4.47. The first-order chi connectivity index (χ1) is 17.8. The number of benzene rings is 4. The van der Waals surface area contributed by atoms with Crippen molar-refractivity contribution in [3.63, 3.8) is 0 Å². The zero-order valence-corrected chi connectivity index (χ0v) is 21.7. The van der Waals surface area contributed by atoms with Gasteiger partial charge in [-0.3, -0.25) is 9.10 Å². The molecule has 1 heterocycles. The van der Waals surface area contributed by atoms with Crippen molar-refractivity contribution >= 4 is 27.3 Å². The number of ether oxygens (including phenoxy) is 1. The van der Waals surface area contributed by atoms with Crippen LogP contribution in [0.15, 0.2) is 102 Å². The SMILES string of the molecule is COc1cc2c(cc1NC(=O)c1ccccc1)[C@H](C)[C@@H](c1ccc(C)cc1)N2S(=O)(=O)c1ccccc1. The molecule has 0 fully saturated rings. The van der Waals surface area contributed by atoms with Crippen LogP contribution in [0, 0.1) is 6.92 Å². The third-order valence-corrected chi connectivity index (χ3v) is 8.62. The Kier molecular flexibility index (Phi) is 6.48. The van der Waals surface area contributed by atoms with Gasteiger partial charge in [-0.05, 0) is 48.4 Å². The number of aryl methyl sites for hydroxylation is 1. The van der Waals surface area contributed by atoms with Crippen molar-refractivity contribution in [2.45, 2.75) is 30.7 Å². The monoisotopic (exact) mass is 512 g/mol. The van der Waals surface area contributed by atoms with E-state index in [1.54, 1.807) is 60.7 Å². The van der Waals surface area contributed by atoms with Crippen molar-refractivity contribution in [2.24, 2.45) is 0 Å². The molecule has 0 aliphatic carbocycles. The number of carbonyl (C=O) groups excluding carboxylic acids is 1. The average molecular weight is 513 g/mol. The van der Waals surface area contributed by atoms with Gasteiger partial charge in [0, 0.05) is 17.5 Å². The number of carbonyl (C=O) groups is 1. The van der Waals surface area contributed by atoms with Crippen molar-refractivity contribution in [2.75, 3.05) is 16.7 Å². The molecule has 0 unspecified atom stereocenters. The van der Waals surface area contributed by atoms with Crippen LogP contribution in [0.2, 0.25) is 0 Å². The standard InChI is InChI=1S/C30H28N2O4S/c1-20-14-16-22(17-15-20)29-21(2)25-18-26(31-30(33)23-10-6-4-7-11-23)28(36-3)19-27(25)32(29)37(34,35)24-12-8-5-9-13-24/h4-19,21,29H,1-3H3,(H,31,33)/t21-,29-/m0/s1. The summed E-state index contributed by atoms with van der Waals surface area (Å²) < 4.78 is 35.2. The second kappa shape index (κ2) is 9.75. The van der Waals surface area contributed by atoms with Crippen LogP contribution in [0.3, 0.4) is 0 Å². The Balaban J connectivity index is 1.65. The van der Waals surface area contributed by atoms with Gasteiger partial charge < -0.3 is 10.1 Å². The minimum Gasteiger partial charge on any atom is -0.494 e. The first-order valence-electron chi connectivity index (χ1n) is 12.1. The molecule has 37 heavy (non-hydrogen) atoms. The molecule has 0 radical (unpaired) electrons. The van der Waals surface area contributed by atoms with Crippen LogP contribution < -0.4 is 14.4 Å². The van der Waals surface area contributed by atoms with E-state index in [4.69, 9.17) is 4.74 Å². The molecule has 1 aliphatic heterocycles. The number of sulfonamides is 1. The highest BCUT2D eigenvalue weighted by molar-refractivity contribution is 7.92. The Bertz CT molecular complexity index is 1540. The smallest absolute Gasteiger partial charge is 0.264 e. The van der Waals surface area contributed by atoms with E-state index in [-0.39, 0.29) is 16.7 Å². The first-order valence-corrected chi connectivity index (χ1v) is 13.5. The lowest BCUT2D eigenvalue weighted by Crippen LogP contribution is -2.33. The van der Waals surface area contributed by atoms with Crippen molar-refractivity contribution in [1.82, 2.24) is 0 Å². The van der Waals surface area contributed by atoms with Gasteiger partial charge in [0.15, 0.2) is 0 Å². The predicted octanol–water partition coefficient (Wildman–Crippen LogP) is 6.31. The average Bonchev–Trinajstić information content (AvgIpc) is 3.21. The number of methoxy groups -OCH3 is 1. The van der Waals surface area contributed by atoms with E-state index in [2.05, 4.69) is 5.32 Å². The van der Waals surface area contributed by atoms with E-state index >= 15 is 0 Å². The van der Waals surface area contributed by atoms with Gasteiger partial charge in [-0.25, -0.2) is 8.42 Å². The van der Waals surface area contributed by atoms with E-state index in [9.17, 15) is 13.2 Å². The van der Waals surface area contributed by atoms with Gasteiger partial charge >= 0.3 is 0 Å². The molecule has 0 saturated heterocycles. The molecule has 5 rings (SSSR count). The zero-order chi connectivity index (χ0) is 26.2. The van der Waals surface area contributed by atoms with Gasteiger partial charge in [0.05, 0.1) is 29.4 Å². The lowest BCUT2D eigenvalue weighted by Gasteiger charge is -2.29. The summed E-state index contributed by atoms with van der Waals surface area (Å²) in [7, 11) is -2.40. The maximum atomic E-state index is 14.1. The van der Waals surface area contributed by atoms with E-state index in [0.717, 1.165) is 16.7 Å². The van der Waals surface area contributed by atoms with Crippen LogP contribution in [-0.2, 0) is 10.0 Å². The number of nitrogens with one attached hydrogen (secondary N) is 1. The summed E-state index contributed by atoms with van der Waals surface area (Å²) in [6.45, 7) is 4.01. The number of hydrogen-bond acceptors (Lipinski definition) is 4. The van der Waals surface area contributed by atoms with Crippen molar-refractivity contribution in [3.05, 3.63) is 119 Å². The molecule has 0 aromatic heterocycles. The quantitative estimate of drug-likeness (QED) is 0.329. The van der Waals surface area contributed by atoms with Gasteiger partial charge in [-0.2, -0.15) is 0 Å². The highest BCUT2D eigenvalue weighted by Gasteiger charge is 2.44. The molecule has 1 amide bonds. The van der Waals surface area contributed by atoms with Crippen LogP contribution in [0.1, 0.15) is 45.9 Å². The van der Waals surface area contributed by atoms with E-state index in [1.165, 1.54) is 11.4 Å². The Morgan fingerprint density at radius 1 is 0.892 bits per heavy atom. The van der Waals surface area contributed by atoms with Crippen molar-refractivity contribution in [3.8, 4) is 5.75 Å². The van der Waals surface area contributed by atoms with Crippen LogP contribution in [-0.4, -0.2) is 21.4 Å². The molecule has 2 atom stereocenters. The van der Waals surface area contributed by atoms with Gasteiger partial charge in [-0.1, -0.05) is 73.2 Å². The largest absolute Gasteiger partial charge is 0.494 e. The number of hydrogen-bond donors (Lipinski definition) is 1. The van der Waals surface area contributed by atoms with Crippen molar-refractivity contribution in [1.29, 1.82) is 0 Å². The highest BCUT2D eigenvalue weighted by Crippen LogP contribution is 2.53. The van der Waals surface area contributed by atoms with Gasteiger partial charge in [0.2, 0.25) is 0 Å². The molecule has 0 spiro atoms. The second-order valence-corrected chi connectivity index (χ2v) is 11.0. The number of anilines is 2. The van der Waals surface area contributed by atoms with E-state index in [0.29, 0.717) is 22.7 Å². The topological polar surface area (TPSA) is 75.7 Å². The molecule has 4 aromatic rings. The van der Waals surface area contributed by atoms with Gasteiger partial charge in [-0.15, -0.1) is 0 Å². The molecule has 0 bridgehead atoms. The van der Waals surface area contributed by atoms with Crippen LogP contribution in [0.4, 0.5) is 11.4 Å². The summed E-state index contributed by atoms with van der Waals surface area (Å²) in [6.07, 6.45) is 0. The first kappa shape index (κ1) is 24.6. The Morgan fingerprint density at radius 3 is 2.14 bits per heavy atom. The zero-order valence-electron chi connectivity index (χ0n) is 20.9. The Labute approximate surface area is 217 Å². The maximum Gasteiger partial charge on any atom is 0.264 e. The van der Waals surface area contributed by atoms with Crippen LogP contribution >= 0.6 is 0 Å². The highest BCUT2D eigenvalue weighted by atomic mass is 32.2. The second-order valence-electron chi connectivity index (χ2n) is 9.19. The summed E-state index contributed by atoms with van der Waals surface area (Å²) in [5.74, 6) is -0.0733. The van der Waals surface area contributed by atoms with Crippen molar-refractivity contribution < 1.29 is 17.9 Å². The van der Waals surface area contributed by atoms with Crippen LogP contribution in [0.5, 0.6) is 5.75 Å². The molecule has 1 aliphatic rings. The fourth-order valence-electron chi connectivity index (χ4n) is 4.89. The molecule has 4 aromatic carbocycles. The summed E-state index contributed by atoms with van der Waals surface area (Å²) in [5, 5.41) is 2.94. The van der Waals surface area contributed by atoms with E-state index in [1.807, 2.05) is 50.2 Å². The summed E-state index contributed by atoms with van der Waals surface area (Å²) in [6, 6.07) is 28.4. The normalized spacial score (nSPS) is 16.8. The Hall–Kier alpha value is -4.10. The van der Waals surface area contributed by atoms with Crippen LogP contribution in [0.25, 0.3) is 0 Å². The maximum absolute atomic E-state index is 14.1. The minimum absolute atomic E-state index is 0.186. The molecule has 6 nitrogen and oxygen atoms in total. The molecule has 1 N–H and O–H groups in total. The number of rotatable bonds is 6.